The Morgan fingerprint density at radius 3 is 2.58 bits per heavy atom. The van der Waals surface area contributed by atoms with Gasteiger partial charge in [0.25, 0.3) is 0 Å². The monoisotopic (exact) mass is 172 g/mol. The van der Waals surface area contributed by atoms with Crippen LogP contribution >= 0.6 is 0 Å². The van der Waals surface area contributed by atoms with E-state index in [0.29, 0.717) is 13.0 Å². The van der Waals surface area contributed by atoms with Crippen molar-refractivity contribution in [3.8, 4) is 0 Å². The summed E-state index contributed by atoms with van der Waals surface area (Å²) in [5, 5.41) is 2.68. The van der Waals surface area contributed by atoms with Gasteiger partial charge in [-0.1, -0.05) is 6.92 Å². The molecule has 0 unspecified atom stereocenters. The molecule has 0 aliphatic carbocycles. The van der Waals surface area contributed by atoms with Crippen LogP contribution in [0.5, 0.6) is 0 Å². The zero-order valence-electron chi connectivity index (χ0n) is 7.54. The molecule has 0 aliphatic rings. The van der Waals surface area contributed by atoms with Gasteiger partial charge in [-0.3, -0.25) is 4.79 Å². The molecule has 3 N–H and O–H groups in total. The normalized spacial score (nSPS) is 14.9. The second kappa shape index (κ2) is 5.71. The van der Waals surface area contributed by atoms with E-state index in [9.17, 15) is 9.59 Å². The Morgan fingerprint density at radius 2 is 2.17 bits per heavy atom. The minimum atomic E-state index is -0.181. The zero-order valence-corrected chi connectivity index (χ0v) is 7.54. The standard InChI is InChI=1S/C8H16N2O2/c1-6(5-9)8(12)10-7(2)3-4-11/h4,6-7H,3,5,9H2,1-2H3,(H,10,12)/t6-,7-/m0/s1. The molecular weight excluding hydrogens is 156 g/mol. The molecule has 4 nitrogen and oxygen atoms in total. The van der Waals surface area contributed by atoms with E-state index in [4.69, 9.17) is 5.73 Å². The lowest BCUT2D eigenvalue weighted by Crippen LogP contribution is -2.38. The Balaban J connectivity index is 3.75. The van der Waals surface area contributed by atoms with Gasteiger partial charge in [0.15, 0.2) is 0 Å². The molecule has 0 fully saturated rings. The third-order valence-electron chi connectivity index (χ3n) is 1.64. The molecule has 70 valence electrons. The van der Waals surface area contributed by atoms with Crippen molar-refractivity contribution in [2.45, 2.75) is 26.3 Å². The molecule has 0 aliphatic heterocycles. The highest BCUT2D eigenvalue weighted by Gasteiger charge is 2.12. The van der Waals surface area contributed by atoms with Gasteiger partial charge >= 0.3 is 0 Å². The zero-order chi connectivity index (χ0) is 9.56. The predicted octanol–water partition coefficient (Wildman–Crippen LogP) is -0.325. The van der Waals surface area contributed by atoms with Crippen LogP contribution < -0.4 is 11.1 Å². The molecule has 2 atom stereocenters. The van der Waals surface area contributed by atoms with Crippen molar-refractivity contribution in [1.82, 2.24) is 5.32 Å². The van der Waals surface area contributed by atoms with Crippen LogP contribution in [0.3, 0.4) is 0 Å². The fraction of sp³-hybridized carbons (Fsp3) is 0.750. The van der Waals surface area contributed by atoms with Crippen LogP contribution in [0.2, 0.25) is 0 Å². The molecule has 0 rings (SSSR count). The molecular formula is C8H16N2O2. The molecule has 4 heteroatoms. The average molecular weight is 172 g/mol. The van der Waals surface area contributed by atoms with Crippen LogP contribution in [0.25, 0.3) is 0 Å². The first kappa shape index (κ1) is 11.1. The predicted molar refractivity (Wildman–Crippen MR) is 46.5 cm³/mol. The number of rotatable bonds is 5. The third-order valence-corrected chi connectivity index (χ3v) is 1.64. The van der Waals surface area contributed by atoms with E-state index in [1.807, 2.05) is 0 Å². The van der Waals surface area contributed by atoms with Gasteiger partial charge in [-0.05, 0) is 6.92 Å². The van der Waals surface area contributed by atoms with Crippen molar-refractivity contribution in [2.75, 3.05) is 6.54 Å². The highest BCUT2D eigenvalue weighted by Crippen LogP contribution is 1.93. The lowest BCUT2D eigenvalue weighted by atomic mass is 10.1. The van der Waals surface area contributed by atoms with E-state index >= 15 is 0 Å². The molecule has 0 radical (unpaired) electrons. The summed E-state index contributed by atoms with van der Waals surface area (Å²) in [6, 6.07) is -0.0935. The highest BCUT2D eigenvalue weighted by molar-refractivity contribution is 5.79. The summed E-state index contributed by atoms with van der Waals surface area (Å²) < 4.78 is 0. The SMILES string of the molecule is C[C@@H](CC=O)NC(=O)[C@@H](C)CN. The lowest BCUT2D eigenvalue weighted by Gasteiger charge is -2.13. The van der Waals surface area contributed by atoms with Crippen LogP contribution in [-0.2, 0) is 9.59 Å². The Morgan fingerprint density at radius 1 is 1.58 bits per heavy atom. The maximum atomic E-state index is 11.2. The highest BCUT2D eigenvalue weighted by atomic mass is 16.2. The summed E-state index contributed by atoms with van der Waals surface area (Å²) >= 11 is 0. The summed E-state index contributed by atoms with van der Waals surface area (Å²) in [6.07, 6.45) is 1.14. The minimum absolute atomic E-state index is 0.0909. The average Bonchev–Trinajstić information content (AvgIpc) is 2.03. The van der Waals surface area contributed by atoms with Gasteiger partial charge in [0.2, 0.25) is 5.91 Å². The quantitative estimate of drug-likeness (QED) is 0.558. The van der Waals surface area contributed by atoms with E-state index in [2.05, 4.69) is 5.32 Å². The maximum absolute atomic E-state index is 11.2. The van der Waals surface area contributed by atoms with Crippen LogP contribution in [0.1, 0.15) is 20.3 Å². The van der Waals surface area contributed by atoms with E-state index < -0.39 is 0 Å². The Kier molecular flexibility index (Phi) is 5.28. The molecule has 0 saturated carbocycles. The molecule has 0 aromatic heterocycles. The number of amides is 1. The van der Waals surface area contributed by atoms with Crippen LogP contribution in [0.4, 0.5) is 0 Å². The second-order valence-corrected chi connectivity index (χ2v) is 2.95. The molecule has 0 heterocycles. The fourth-order valence-corrected chi connectivity index (χ4v) is 0.695. The summed E-state index contributed by atoms with van der Waals surface area (Å²) in [6.45, 7) is 3.87. The number of carbonyl (C=O) groups excluding carboxylic acids is 2. The van der Waals surface area contributed by atoms with Crippen molar-refractivity contribution >= 4 is 12.2 Å². The lowest BCUT2D eigenvalue weighted by molar-refractivity contribution is -0.124. The van der Waals surface area contributed by atoms with E-state index in [0.717, 1.165) is 6.29 Å². The number of nitrogens with one attached hydrogen (secondary N) is 1. The van der Waals surface area contributed by atoms with Gasteiger partial charge in [0, 0.05) is 24.9 Å². The van der Waals surface area contributed by atoms with Gasteiger partial charge in [-0.2, -0.15) is 0 Å². The van der Waals surface area contributed by atoms with Crippen molar-refractivity contribution in [1.29, 1.82) is 0 Å². The van der Waals surface area contributed by atoms with Gasteiger partial charge in [-0.15, -0.1) is 0 Å². The maximum Gasteiger partial charge on any atom is 0.224 e. The summed E-state index contributed by atoms with van der Waals surface area (Å²) in [7, 11) is 0. The Labute approximate surface area is 72.5 Å². The topological polar surface area (TPSA) is 72.2 Å². The molecule has 0 spiro atoms. The number of nitrogens with two attached hydrogens (primary N) is 1. The first-order chi connectivity index (χ1) is 5.61. The van der Waals surface area contributed by atoms with E-state index in [1.165, 1.54) is 0 Å². The molecule has 0 aromatic rings. The van der Waals surface area contributed by atoms with Gasteiger partial charge < -0.3 is 15.8 Å². The van der Waals surface area contributed by atoms with E-state index in [-0.39, 0.29) is 17.9 Å². The summed E-state index contributed by atoms with van der Waals surface area (Å²) in [5.41, 5.74) is 5.29. The van der Waals surface area contributed by atoms with Gasteiger partial charge in [0.1, 0.15) is 6.29 Å². The summed E-state index contributed by atoms with van der Waals surface area (Å²) in [4.78, 5) is 21.2. The number of hydrogen-bond donors (Lipinski definition) is 2. The van der Waals surface area contributed by atoms with Crippen LogP contribution in [0.15, 0.2) is 0 Å². The molecule has 1 amide bonds. The molecule has 0 aromatic carbocycles. The van der Waals surface area contributed by atoms with Crippen molar-refractivity contribution < 1.29 is 9.59 Å². The smallest absolute Gasteiger partial charge is 0.224 e. The first-order valence-corrected chi connectivity index (χ1v) is 4.05. The van der Waals surface area contributed by atoms with Crippen molar-refractivity contribution in [3.05, 3.63) is 0 Å². The molecule has 12 heavy (non-hydrogen) atoms. The van der Waals surface area contributed by atoms with Crippen LogP contribution in [0, 0.1) is 5.92 Å². The second-order valence-electron chi connectivity index (χ2n) is 2.95. The first-order valence-electron chi connectivity index (χ1n) is 4.05. The van der Waals surface area contributed by atoms with Gasteiger partial charge in [-0.25, -0.2) is 0 Å². The molecule has 0 bridgehead atoms. The summed E-state index contributed by atoms with van der Waals surface area (Å²) in [5.74, 6) is -0.272. The van der Waals surface area contributed by atoms with Crippen LogP contribution in [-0.4, -0.2) is 24.8 Å². The fourth-order valence-electron chi connectivity index (χ4n) is 0.695. The number of aldehydes is 1. The van der Waals surface area contributed by atoms with E-state index in [1.54, 1.807) is 13.8 Å². The number of carbonyl (C=O) groups is 2. The number of hydrogen-bond acceptors (Lipinski definition) is 3. The molecule has 0 saturated heterocycles. The van der Waals surface area contributed by atoms with Crippen molar-refractivity contribution in [3.63, 3.8) is 0 Å². The minimum Gasteiger partial charge on any atom is -0.353 e. The largest absolute Gasteiger partial charge is 0.353 e. The Hall–Kier alpha value is -0.900. The third kappa shape index (κ3) is 4.08. The van der Waals surface area contributed by atoms with Gasteiger partial charge in [0.05, 0.1) is 0 Å². The van der Waals surface area contributed by atoms with Crippen molar-refractivity contribution in [2.24, 2.45) is 11.7 Å². The Bertz CT molecular complexity index is 159.